The van der Waals surface area contributed by atoms with Gasteiger partial charge in [-0.2, -0.15) is 0 Å². The van der Waals surface area contributed by atoms with Crippen molar-refractivity contribution in [1.82, 2.24) is 9.21 Å². The molecule has 2 saturated heterocycles. The smallest absolute Gasteiger partial charge is 0.211 e. The molecular formula is C14H29N3O2S. The van der Waals surface area contributed by atoms with Gasteiger partial charge in [0.1, 0.15) is 0 Å². The Morgan fingerprint density at radius 3 is 2.40 bits per heavy atom. The molecule has 0 spiro atoms. The molecule has 2 aliphatic heterocycles. The molecule has 0 aromatic heterocycles. The number of likely N-dealkylation sites (tertiary alicyclic amines) is 1. The summed E-state index contributed by atoms with van der Waals surface area (Å²) in [6, 6.07) is 0.299. The summed E-state index contributed by atoms with van der Waals surface area (Å²) >= 11 is 0. The molecule has 0 aromatic rings. The van der Waals surface area contributed by atoms with Gasteiger partial charge in [-0.25, -0.2) is 12.7 Å². The number of rotatable bonds is 4. The van der Waals surface area contributed by atoms with Crippen LogP contribution in [0.1, 0.15) is 32.6 Å². The number of sulfonamides is 1. The van der Waals surface area contributed by atoms with Crippen molar-refractivity contribution >= 4 is 10.0 Å². The van der Waals surface area contributed by atoms with E-state index in [-0.39, 0.29) is 0 Å². The van der Waals surface area contributed by atoms with Crippen LogP contribution < -0.4 is 5.73 Å². The molecule has 2 aliphatic rings. The van der Waals surface area contributed by atoms with Gasteiger partial charge in [-0.3, -0.25) is 0 Å². The Hall–Kier alpha value is -0.170. The lowest BCUT2D eigenvalue weighted by atomic mass is 9.90. The average molecular weight is 303 g/mol. The number of piperidine rings is 2. The van der Waals surface area contributed by atoms with E-state index in [9.17, 15) is 8.42 Å². The van der Waals surface area contributed by atoms with Crippen molar-refractivity contribution in [2.24, 2.45) is 17.6 Å². The molecule has 2 fully saturated rings. The quantitative estimate of drug-likeness (QED) is 0.831. The van der Waals surface area contributed by atoms with Crippen LogP contribution in [0.4, 0.5) is 0 Å². The second-order valence-corrected chi connectivity index (χ2v) is 8.61. The zero-order chi connectivity index (χ0) is 14.8. The van der Waals surface area contributed by atoms with Gasteiger partial charge in [-0.05, 0) is 57.5 Å². The highest BCUT2D eigenvalue weighted by Gasteiger charge is 2.29. The molecule has 0 saturated carbocycles. The molecule has 2 heterocycles. The lowest BCUT2D eigenvalue weighted by Crippen LogP contribution is -2.46. The number of hydrogen-bond donors (Lipinski definition) is 1. The maximum atomic E-state index is 11.6. The van der Waals surface area contributed by atoms with Gasteiger partial charge < -0.3 is 10.6 Å². The van der Waals surface area contributed by atoms with Crippen LogP contribution in [0.15, 0.2) is 0 Å². The largest absolute Gasteiger partial charge is 0.328 e. The van der Waals surface area contributed by atoms with Crippen LogP contribution in [0.2, 0.25) is 0 Å². The SMILES string of the molecule is CC(N)C1CCN(CC2CCCN(S(C)(=O)=O)C2)CC1. The Morgan fingerprint density at radius 2 is 1.85 bits per heavy atom. The fourth-order valence-electron chi connectivity index (χ4n) is 3.50. The highest BCUT2D eigenvalue weighted by molar-refractivity contribution is 7.88. The zero-order valence-corrected chi connectivity index (χ0v) is 13.6. The molecule has 2 atom stereocenters. The van der Waals surface area contributed by atoms with Crippen LogP contribution >= 0.6 is 0 Å². The average Bonchev–Trinajstić information content (AvgIpc) is 2.38. The van der Waals surface area contributed by atoms with Gasteiger partial charge in [0.2, 0.25) is 10.0 Å². The summed E-state index contributed by atoms with van der Waals surface area (Å²) in [5.74, 6) is 1.15. The molecule has 6 heteroatoms. The molecule has 2 N–H and O–H groups in total. The fraction of sp³-hybridized carbons (Fsp3) is 1.00. The summed E-state index contributed by atoms with van der Waals surface area (Å²) in [6.45, 7) is 6.76. The lowest BCUT2D eigenvalue weighted by molar-refractivity contribution is 0.129. The molecule has 0 aromatic carbocycles. The van der Waals surface area contributed by atoms with Crippen LogP contribution in [0.3, 0.4) is 0 Å². The maximum absolute atomic E-state index is 11.6. The van der Waals surface area contributed by atoms with E-state index < -0.39 is 10.0 Å². The van der Waals surface area contributed by atoms with Gasteiger partial charge in [0, 0.05) is 25.7 Å². The standard InChI is InChI=1S/C14H29N3O2S/c1-12(15)14-5-8-16(9-6-14)10-13-4-3-7-17(11-13)20(2,18)19/h12-14H,3-11,15H2,1-2H3. The Morgan fingerprint density at radius 1 is 1.20 bits per heavy atom. The lowest BCUT2D eigenvalue weighted by Gasteiger charge is -2.38. The van der Waals surface area contributed by atoms with E-state index in [0.717, 1.165) is 32.5 Å². The summed E-state index contributed by atoms with van der Waals surface area (Å²) in [5.41, 5.74) is 5.97. The summed E-state index contributed by atoms with van der Waals surface area (Å²) < 4.78 is 24.9. The van der Waals surface area contributed by atoms with E-state index in [4.69, 9.17) is 5.73 Å². The molecule has 0 amide bonds. The molecule has 5 nitrogen and oxygen atoms in total. The van der Waals surface area contributed by atoms with Gasteiger partial charge in [0.25, 0.3) is 0 Å². The van der Waals surface area contributed by atoms with E-state index in [1.165, 1.54) is 19.1 Å². The van der Waals surface area contributed by atoms with Crippen molar-refractivity contribution < 1.29 is 8.42 Å². The second kappa shape index (κ2) is 6.73. The molecule has 0 bridgehead atoms. The summed E-state index contributed by atoms with van der Waals surface area (Å²) in [5, 5.41) is 0. The van der Waals surface area contributed by atoms with Crippen LogP contribution in [-0.2, 0) is 10.0 Å². The van der Waals surface area contributed by atoms with Crippen LogP contribution in [0.5, 0.6) is 0 Å². The second-order valence-electron chi connectivity index (χ2n) is 6.63. The summed E-state index contributed by atoms with van der Waals surface area (Å²) in [6.07, 6.45) is 5.83. The summed E-state index contributed by atoms with van der Waals surface area (Å²) in [4.78, 5) is 2.50. The first kappa shape index (κ1) is 16.2. The highest BCUT2D eigenvalue weighted by Crippen LogP contribution is 2.24. The molecular weight excluding hydrogens is 274 g/mol. The van der Waals surface area contributed by atoms with Crippen molar-refractivity contribution in [1.29, 1.82) is 0 Å². The minimum Gasteiger partial charge on any atom is -0.328 e. The first-order valence-corrected chi connectivity index (χ1v) is 9.64. The van der Waals surface area contributed by atoms with Gasteiger partial charge >= 0.3 is 0 Å². The number of hydrogen-bond acceptors (Lipinski definition) is 4. The van der Waals surface area contributed by atoms with E-state index in [0.29, 0.717) is 31.0 Å². The fourth-order valence-corrected chi connectivity index (χ4v) is 4.45. The molecule has 0 radical (unpaired) electrons. The number of nitrogens with two attached hydrogens (primary N) is 1. The Labute approximate surface area is 123 Å². The van der Waals surface area contributed by atoms with Crippen molar-refractivity contribution in [3.8, 4) is 0 Å². The van der Waals surface area contributed by atoms with Gasteiger partial charge in [0.15, 0.2) is 0 Å². The van der Waals surface area contributed by atoms with Crippen LogP contribution in [0.25, 0.3) is 0 Å². The number of nitrogens with zero attached hydrogens (tertiary/aromatic N) is 2. The monoisotopic (exact) mass is 303 g/mol. The predicted octanol–water partition coefficient (Wildman–Crippen LogP) is 0.717. The van der Waals surface area contributed by atoms with E-state index >= 15 is 0 Å². The van der Waals surface area contributed by atoms with Crippen molar-refractivity contribution in [3.63, 3.8) is 0 Å². The van der Waals surface area contributed by atoms with Crippen LogP contribution in [0, 0.1) is 11.8 Å². The third kappa shape index (κ3) is 4.41. The topological polar surface area (TPSA) is 66.6 Å². The Kier molecular flexibility index (Phi) is 5.45. The maximum Gasteiger partial charge on any atom is 0.211 e. The van der Waals surface area contributed by atoms with Crippen molar-refractivity contribution in [2.45, 2.75) is 38.6 Å². The van der Waals surface area contributed by atoms with Gasteiger partial charge in [-0.1, -0.05) is 0 Å². The minimum absolute atomic E-state index is 0.299. The zero-order valence-electron chi connectivity index (χ0n) is 12.8. The molecule has 2 unspecified atom stereocenters. The molecule has 2 rings (SSSR count). The van der Waals surface area contributed by atoms with E-state index in [1.54, 1.807) is 4.31 Å². The molecule has 118 valence electrons. The van der Waals surface area contributed by atoms with Crippen molar-refractivity contribution in [2.75, 3.05) is 39.0 Å². The summed E-state index contributed by atoms with van der Waals surface area (Å²) in [7, 11) is -3.02. The first-order chi connectivity index (χ1) is 9.36. The van der Waals surface area contributed by atoms with Gasteiger partial charge in [-0.15, -0.1) is 0 Å². The Bertz CT molecular complexity index is 403. The third-order valence-corrected chi connectivity index (χ3v) is 6.11. The minimum atomic E-state index is -3.02. The third-order valence-electron chi connectivity index (χ3n) is 4.84. The first-order valence-electron chi connectivity index (χ1n) is 7.79. The van der Waals surface area contributed by atoms with E-state index in [2.05, 4.69) is 11.8 Å². The Balaban J connectivity index is 1.79. The van der Waals surface area contributed by atoms with Crippen LogP contribution in [-0.4, -0.2) is 62.6 Å². The highest BCUT2D eigenvalue weighted by atomic mass is 32.2. The van der Waals surface area contributed by atoms with Crippen molar-refractivity contribution in [3.05, 3.63) is 0 Å². The molecule has 0 aliphatic carbocycles. The molecule has 20 heavy (non-hydrogen) atoms. The normalized spacial score (nSPS) is 29.4. The predicted molar refractivity (Wildman–Crippen MR) is 82.0 cm³/mol. The van der Waals surface area contributed by atoms with Gasteiger partial charge in [0.05, 0.1) is 6.26 Å². The van der Waals surface area contributed by atoms with E-state index in [1.807, 2.05) is 0 Å².